The number of nitrogens with zero attached hydrogens (tertiary/aromatic N) is 1. The van der Waals surface area contributed by atoms with Crippen molar-refractivity contribution in [3.63, 3.8) is 0 Å². The summed E-state index contributed by atoms with van der Waals surface area (Å²) >= 11 is 0. The van der Waals surface area contributed by atoms with Gasteiger partial charge in [0.05, 0.1) is 5.69 Å². The fraction of sp³-hybridized carbons (Fsp3) is 0.538. The third-order valence-corrected chi connectivity index (χ3v) is 3.32. The van der Waals surface area contributed by atoms with Crippen LogP contribution in [0.15, 0.2) is 18.3 Å². The Morgan fingerprint density at radius 3 is 2.94 bits per heavy atom. The Morgan fingerprint density at radius 2 is 2.24 bits per heavy atom. The lowest BCUT2D eigenvalue weighted by Gasteiger charge is -2.28. The van der Waals surface area contributed by atoms with Gasteiger partial charge >= 0.3 is 5.97 Å². The molecule has 0 saturated heterocycles. The van der Waals surface area contributed by atoms with Crippen LogP contribution >= 0.6 is 0 Å². The van der Waals surface area contributed by atoms with Gasteiger partial charge in [0, 0.05) is 6.20 Å². The van der Waals surface area contributed by atoms with E-state index in [-0.39, 0.29) is 11.8 Å². The maximum atomic E-state index is 11.9. The normalized spacial score (nSPS) is 24.3. The van der Waals surface area contributed by atoms with E-state index in [4.69, 9.17) is 10.5 Å². The van der Waals surface area contributed by atoms with Crippen LogP contribution in [0, 0.1) is 5.92 Å². The second-order valence-corrected chi connectivity index (χ2v) is 4.65. The van der Waals surface area contributed by atoms with Crippen LogP contribution in [0.4, 0.5) is 5.69 Å². The first-order valence-corrected chi connectivity index (χ1v) is 6.10. The number of nitrogens with two attached hydrogens (primary N) is 1. The molecule has 2 rings (SSSR count). The first kappa shape index (κ1) is 11.9. The number of esters is 1. The number of carbonyl (C=O) groups excluding carboxylic acids is 1. The van der Waals surface area contributed by atoms with Crippen molar-refractivity contribution in [2.75, 3.05) is 5.73 Å². The summed E-state index contributed by atoms with van der Waals surface area (Å²) in [6, 6.07) is 3.36. The average Bonchev–Trinajstić information content (AvgIpc) is 2.32. The summed E-state index contributed by atoms with van der Waals surface area (Å²) in [7, 11) is 0. The Labute approximate surface area is 101 Å². The van der Waals surface area contributed by atoms with Gasteiger partial charge in [-0.25, -0.2) is 9.78 Å². The summed E-state index contributed by atoms with van der Waals surface area (Å²) in [5.41, 5.74) is 6.30. The largest absolute Gasteiger partial charge is 0.457 e. The fourth-order valence-corrected chi connectivity index (χ4v) is 2.24. The highest BCUT2D eigenvalue weighted by Gasteiger charge is 2.26. The number of carbonyl (C=O) groups is 1. The van der Waals surface area contributed by atoms with Crippen LogP contribution in [0.5, 0.6) is 0 Å². The van der Waals surface area contributed by atoms with E-state index in [1.807, 2.05) is 0 Å². The lowest BCUT2D eigenvalue weighted by molar-refractivity contribution is 0.00433. The first-order valence-electron chi connectivity index (χ1n) is 6.10. The Balaban J connectivity index is 2.04. The van der Waals surface area contributed by atoms with E-state index in [1.165, 1.54) is 6.42 Å². The Hall–Kier alpha value is -1.58. The SMILES string of the molecule is CC1CCCCC1OC(=O)c1ncccc1N. The van der Waals surface area contributed by atoms with Gasteiger partial charge in [-0.3, -0.25) is 0 Å². The van der Waals surface area contributed by atoms with Crippen molar-refractivity contribution in [1.82, 2.24) is 4.98 Å². The van der Waals surface area contributed by atoms with E-state index >= 15 is 0 Å². The number of rotatable bonds is 2. The molecule has 1 fully saturated rings. The molecule has 4 nitrogen and oxygen atoms in total. The van der Waals surface area contributed by atoms with Crippen molar-refractivity contribution in [1.29, 1.82) is 0 Å². The van der Waals surface area contributed by atoms with Crippen molar-refractivity contribution in [3.05, 3.63) is 24.0 Å². The van der Waals surface area contributed by atoms with Crippen LogP contribution in [-0.2, 0) is 4.74 Å². The van der Waals surface area contributed by atoms with Gasteiger partial charge in [0.1, 0.15) is 6.10 Å². The van der Waals surface area contributed by atoms with Gasteiger partial charge in [-0.1, -0.05) is 13.3 Å². The third-order valence-electron chi connectivity index (χ3n) is 3.32. The molecule has 1 heterocycles. The zero-order valence-electron chi connectivity index (χ0n) is 10.1. The van der Waals surface area contributed by atoms with E-state index in [0.29, 0.717) is 11.6 Å². The Morgan fingerprint density at radius 1 is 1.47 bits per heavy atom. The zero-order chi connectivity index (χ0) is 12.3. The maximum absolute atomic E-state index is 11.9. The monoisotopic (exact) mass is 234 g/mol. The van der Waals surface area contributed by atoms with E-state index in [2.05, 4.69) is 11.9 Å². The first-order chi connectivity index (χ1) is 8.18. The number of aromatic nitrogens is 1. The summed E-state index contributed by atoms with van der Waals surface area (Å²) < 4.78 is 5.49. The van der Waals surface area contributed by atoms with Crippen molar-refractivity contribution < 1.29 is 9.53 Å². The van der Waals surface area contributed by atoms with E-state index in [0.717, 1.165) is 19.3 Å². The number of nitrogen functional groups attached to an aromatic ring is 1. The minimum absolute atomic E-state index is 0.0117. The molecule has 1 aliphatic rings. The van der Waals surface area contributed by atoms with Crippen molar-refractivity contribution in [2.45, 2.75) is 38.7 Å². The summed E-state index contributed by atoms with van der Waals surface area (Å²) in [5.74, 6) is 0.0273. The van der Waals surface area contributed by atoms with Crippen LogP contribution in [-0.4, -0.2) is 17.1 Å². The molecule has 4 heteroatoms. The number of pyridine rings is 1. The summed E-state index contributed by atoms with van der Waals surface area (Å²) in [6.07, 6.45) is 5.98. The summed E-state index contributed by atoms with van der Waals surface area (Å²) in [4.78, 5) is 15.9. The average molecular weight is 234 g/mol. The van der Waals surface area contributed by atoms with Gasteiger partial charge in [0.2, 0.25) is 0 Å². The molecule has 92 valence electrons. The topological polar surface area (TPSA) is 65.2 Å². The van der Waals surface area contributed by atoms with Gasteiger partial charge in [-0.2, -0.15) is 0 Å². The van der Waals surface area contributed by atoms with Crippen molar-refractivity contribution in [3.8, 4) is 0 Å². The maximum Gasteiger partial charge on any atom is 0.359 e. The molecule has 0 bridgehead atoms. The minimum Gasteiger partial charge on any atom is -0.457 e. The highest BCUT2D eigenvalue weighted by atomic mass is 16.5. The second kappa shape index (κ2) is 5.17. The quantitative estimate of drug-likeness (QED) is 0.798. The molecule has 0 aliphatic heterocycles. The highest BCUT2D eigenvalue weighted by Crippen LogP contribution is 2.27. The number of hydrogen-bond donors (Lipinski definition) is 1. The number of hydrogen-bond acceptors (Lipinski definition) is 4. The molecule has 17 heavy (non-hydrogen) atoms. The molecule has 1 aromatic heterocycles. The molecule has 0 spiro atoms. The predicted molar refractivity (Wildman–Crippen MR) is 65.5 cm³/mol. The van der Waals surface area contributed by atoms with Crippen LogP contribution in [0.1, 0.15) is 43.1 Å². The van der Waals surface area contributed by atoms with E-state index in [9.17, 15) is 4.79 Å². The smallest absolute Gasteiger partial charge is 0.359 e. The number of ether oxygens (including phenoxy) is 1. The molecule has 1 aromatic rings. The standard InChI is InChI=1S/C13H18N2O2/c1-9-5-2-3-7-11(9)17-13(16)12-10(14)6-4-8-15-12/h4,6,8-9,11H,2-3,5,7,14H2,1H3. The lowest BCUT2D eigenvalue weighted by Crippen LogP contribution is -2.28. The molecule has 0 aromatic carbocycles. The van der Waals surface area contributed by atoms with Gasteiger partial charge in [-0.05, 0) is 37.3 Å². The van der Waals surface area contributed by atoms with Crippen LogP contribution in [0.3, 0.4) is 0 Å². The molecule has 1 saturated carbocycles. The van der Waals surface area contributed by atoms with Crippen LogP contribution in [0.25, 0.3) is 0 Å². The van der Waals surface area contributed by atoms with Crippen molar-refractivity contribution >= 4 is 11.7 Å². The van der Waals surface area contributed by atoms with Gasteiger partial charge in [0.25, 0.3) is 0 Å². The molecular formula is C13H18N2O2. The summed E-state index contributed by atoms with van der Waals surface area (Å²) in [5, 5.41) is 0. The van der Waals surface area contributed by atoms with Gasteiger partial charge < -0.3 is 10.5 Å². The molecular weight excluding hydrogens is 216 g/mol. The predicted octanol–water partition coefficient (Wildman–Crippen LogP) is 2.40. The van der Waals surface area contributed by atoms with E-state index < -0.39 is 5.97 Å². The minimum atomic E-state index is -0.401. The van der Waals surface area contributed by atoms with Crippen molar-refractivity contribution in [2.24, 2.45) is 5.92 Å². The van der Waals surface area contributed by atoms with Gasteiger partial charge in [-0.15, -0.1) is 0 Å². The third kappa shape index (κ3) is 2.75. The zero-order valence-corrected chi connectivity index (χ0v) is 10.1. The molecule has 2 atom stereocenters. The number of anilines is 1. The summed E-state index contributed by atoms with van der Waals surface area (Å²) in [6.45, 7) is 2.12. The molecule has 2 N–H and O–H groups in total. The van der Waals surface area contributed by atoms with Crippen LogP contribution in [0.2, 0.25) is 0 Å². The fourth-order valence-electron chi connectivity index (χ4n) is 2.24. The Kier molecular flexibility index (Phi) is 3.61. The highest BCUT2D eigenvalue weighted by molar-refractivity contribution is 5.92. The molecule has 0 amide bonds. The molecule has 2 unspecified atom stereocenters. The second-order valence-electron chi connectivity index (χ2n) is 4.65. The van der Waals surface area contributed by atoms with E-state index in [1.54, 1.807) is 18.3 Å². The van der Waals surface area contributed by atoms with Crippen LogP contribution < -0.4 is 5.73 Å². The lowest BCUT2D eigenvalue weighted by atomic mass is 9.88. The molecule has 1 aliphatic carbocycles. The van der Waals surface area contributed by atoms with Gasteiger partial charge in [0.15, 0.2) is 5.69 Å². The molecule has 0 radical (unpaired) electrons. The Bertz CT molecular complexity index is 406.